The summed E-state index contributed by atoms with van der Waals surface area (Å²) in [6, 6.07) is 9.69. The average Bonchev–Trinajstić information content (AvgIpc) is 3.90. The van der Waals surface area contributed by atoms with E-state index in [1.165, 1.54) is 33.4 Å². The molecule has 246 valence electrons. The third-order valence-electron chi connectivity index (χ3n) is 11.4. The predicted molar refractivity (Wildman–Crippen MR) is 185 cm³/mol. The highest BCUT2D eigenvalue weighted by Gasteiger charge is 2.39. The number of rotatable bonds is 15. The molecule has 0 amide bonds. The van der Waals surface area contributed by atoms with Crippen LogP contribution in [0.5, 0.6) is 11.5 Å². The third kappa shape index (κ3) is 7.17. The van der Waals surface area contributed by atoms with E-state index >= 15 is 0 Å². The second kappa shape index (κ2) is 12.6. The molecule has 0 radical (unpaired) electrons. The van der Waals surface area contributed by atoms with Gasteiger partial charge in [-0.1, -0.05) is 83.1 Å². The van der Waals surface area contributed by atoms with Crippen LogP contribution in [0.25, 0.3) is 11.1 Å². The second-order valence-electron chi connectivity index (χ2n) is 16.1. The Bertz CT molecular complexity index is 1140. The van der Waals surface area contributed by atoms with Gasteiger partial charge in [-0.15, -0.1) is 0 Å². The fraction of sp³-hybridized carbons (Fsp3) is 0.700. The lowest BCUT2D eigenvalue weighted by molar-refractivity contribution is 0.249. The van der Waals surface area contributed by atoms with Crippen LogP contribution < -0.4 is 9.47 Å². The van der Waals surface area contributed by atoms with E-state index in [4.69, 9.17) is 18.9 Å². The fourth-order valence-corrected chi connectivity index (χ4v) is 5.82. The van der Waals surface area contributed by atoms with Gasteiger partial charge in [0.05, 0.1) is 12.2 Å². The van der Waals surface area contributed by atoms with Crippen LogP contribution in [0.15, 0.2) is 24.3 Å². The SMILES string of the molecule is CCC(C)(C)c1cc(-c2cc(C(C)(C)CC)c(OCC3OC3C)c(C(C)(C)CC)c2)cc(C(C)(C)CC)c1OCC1OC1C. The summed E-state index contributed by atoms with van der Waals surface area (Å²) in [6.45, 7) is 33.4. The highest BCUT2D eigenvalue weighted by Crippen LogP contribution is 2.49. The number of benzene rings is 2. The van der Waals surface area contributed by atoms with E-state index in [9.17, 15) is 0 Å². The van der Waals surface area contributed by atoms with Gasteiger partial charge in [0.1, 0.15) is 36.9 Å². The van der Waals surface area contributed by atoms with Crippen molar-refractivity contribution >= 4 is 0 Å². The highest BCUT2D eigenvalue weighted by molar-refractivity contribution is 5.73. The first-order valence-corrected chi connectivity index (χ1v) is 17.4. The molecule has 44 heavy (non-hydrogen) atoms. The van der Waals surface area contributed by atoms with Crippen molar-refractivity contribution in [1.29, 1.82) is 0 Å². The zero-order valence-corrected chi connectivity index (χ0v) is 30.5. The normalized spacial score (nSPS) is 22.2. The lowest BCUT2D eigenvalue weighted by Gasteiger charge is -2.35. The monoisotopic (exact) mass is 606 g/mol. The summed E-state index contributed by atoms with van der Waals surface area (Å²) in [7, 11) is 0. The summed E-state index contributed by atoms with van der Waals surface area (Å²) < 4.78 is 25.0. The first-order valence-electron chi connectivity index (χ1n) is 17.4. The van der Waals surface area contributed by atoms with Gasteiger partial charge in [-0.3, -0.25) is 0 Å². The van der Waals surface area contributed by atoms with Gasteiger partial charge in [0.25, 0.3) is 0 Å². The molecule has 2 aliphatic rings. The summed E-state index contributed by atoms with van der Waals surface area (Å²) in [5.41, 5.74) is 7.45. The van der Waals surface area contributed by atoms with E-state index in [1.807, 2.05) is 0 Å². The Kier molecular flexibility index (Phi) is 10.00. The van der Waals surface area contributed by atoms with Crippen molar-refractivity contribution in [3.63, 3.8) is 0 Å². The molecule has 2 aliphatic heterocycles. The van der Waals surface area contributed by atoms with Crippen molar-refractivity contribution in [3.05, 3.63) is 46.5 Å². The maximum Gasteiger partial charge on any atom is 0.126 e. The summed E-state index contributed by atoms with van der Waals surface area (Å²) in [6.07, 6.45) is 4.99. The Morgan fingerprint density at radius 3 is 0.909 bits per heavy atom. The molecule has 2 heterocycles. The standard InChI is InChI=1S/C40H62O4/c1-15-37(7,8)29-19-27(20-30(38(9,10)16-2)35(29)41-23-33-25(5)43-33)28-21-31(39(11,12)17-3)36(42-24-34-26(6)44-34)32(22-28)40(13,14)18-4/h19-22,25-26,33-34H,15-18,23-24H2,1-14H3. The van der Waals surface area contributed by atoms with Crippen LogP contribution in [0.1, 0.15) is 145 Å². The summed E-state index contributed by atoms with van der Waals surface area (Å²) in [5, 5.41) is 0. The zero-order valence-electron chi connectivity index (χ0n) is 30.5. The molecule has 4 nitrogen and oxygen atoms in total. The van der Waals surface area contributed by atoms with Gasteiger partial charge < -0.3 is 18.9 Å². The molecule has 0 aromatic heterocycles. The minimum atomic E-state index is -0.0546. The number of hydrogen-bond donors (Lipinski definition) is 0. The molecule has 4 atom stereocenters. The van der Waals surface area contributed by atoms with E-state index in [0.717, 1.165) is 37.2 Å². The highest BCUT2D eigenvalue weighted by atomic mass is 16.6. The van der Waals surface area contributed by atoms with Crippen LogP contribution in [-0.4, -0.2) is 37.6 Å². The molecule has 2 saturated heterocycles. The molecule has 0 saturated carbocycles. The van der Waals surface area contributed by atoms with Gasteiger partial charge in [0.2, 0.25) is 0 Å². The molecule has 0 aliphatic carbocycles. The van der Waals surface area contributed by atoms with Gasteiger partial charge >= 0.3 is 0 Å². The van der Waals surface area contributed by atoms with Crippen LogP contribution >= 0.6 is 0 Å². The first-order chi connectivity index (χ1) is 20.4. The average molecular weight is 607 g/mol. The Labute approximate surface area is 269 Å². The van der Waals surface area contributed by atoms with E-state index < -0.39 is 0 Å². The Hall–Kier alpha value is -2.04. The summed E-state index contributed by atoms with van der Waals surface area (Å²) in [4.78, 5) is 0. The number of ether oxygens (including phenoxy) is 4. The van der Waals surface area contributed by atoms with Gasteiger partial charge in [-0.25, -0.2) is 0 Å². The molecular formula is C40H62O4. The van der Waals surface area contributed by atoms with E-state index in [-0.39, 0.29) is 46.1 Å². The molecule has 2 aromatic carbocycles. The molecule has 4 unspecified atom stereocenters. The maximum absolute atomic E-state index is 6.75. The fourth-order valence-electron chi connectivity index (χ4n) is 5.82. The Morgan fingerprint density at radius 1 is 0.500 bits per heavy atom. The van der Waals surface area contributed by atoms with Crippen LogP contribution in [0, 0.1) is 0 Å². The van der Waals surface area contributed by atoms with Crippen molar-refractivity contribution in [2.24, 2.45) is 0 Å². The quantitative estimate of drug-likeness (QED) is 0.189. The van der Waals surface area contributed by atoms with Crippen molar-refractivity contribution < 1.29 is 18.9 Å². The van der Waals surface area contributed by atoms with Crippen LogP contribution in [0.3, 0.4) is 0 Å². The molecule has 2 aromatic rings. The van der Waals surface area contributed by atoms with Crippen molar-refractivity contribution in [3.8, 4) is 22.6 Å². The lowest BCUT2D eigenvalue weighted by Crippen LogP contribution is -2.25. The van der Waals surface area contributed by atoms with Gasteiger partial charge in [0.15, 0.2) is 0 Å². The minimum Gasteiger partial charge on any atom is -0.490 e. The first kappa shape index (κ1) is 34.8. The van der Waals surface area contributed by atoms with Crippen molar-refractivity contribution in [2.45, 2.75) is 169 Å². The Balaban J connectivity index is 2.00. The molecule has 4 rings (SSSR count). The van der Waals surface area contributed by atoms with Crippen LogP contribution in [0.2, 0.25) is 0 Å². The molecule has 4 heteroatoms. The number of hydrogen-bond acceptors (Lipinski definition) is 4. The predicted octanol–water partition coefficient (Wildman–Crippen LogP) is 10.4. The minimum absolute atomic E-state index is 0.0546. The van der Waals surface area contributed by atoms with E-state index in [2.05, 4.69) is 121 Å². The van der Waals surface area contributed by atoms with Crippen LogP contribution in [0.4, 0.5) is 0 Å². The third-order valence-corrected chi connectivity index (χ3v) is 11.4. The number of epoxide rings is 2. The van der Waals surface area contributed by atoms with Crippen molar-refractivity contribution in [2.75, 3.05) is 13.2 Å². The lowest BCUT2D eigenvalue weighted by atomic mass is 9.72. The molecule has 0 N–H and O–H groups in total. The molecule has 0 spiro atoms. The van der Waals surface area contributed by atoms with Gasteiger partial charge in [-0.05, 0) is 96.6 Å². The summed E-state index contributed by atoms with van der Waals surface area (Å²) in [5.74, 6) is 2.11. The van der Waals surface area contributed by atoms with Gasteiger partial charge in [0, 0.05) is 22.3 Å². The van der Waals surface area contributed by atoms with Crippen LogP contribution in [-0.2, 0) is 31.1 Å². The zero-order chi connectivity index (χ0) is 32.8. The maximum atomic E-state index is 6.75. The summed E-state index contributed by atoms with van der Waals surface area (Å²) >= 11 is 0. The Morgan fingerprint density at radius 2 is 0.727 bits per heavy atom. The van der Waals surface area contributed by atoms with Crippen molar-refractivity contribution in [1.82, 2.24) is 0 Å². The molecule has 2 fully saturated rings. The largest absolute Gasteiger partial charge is 0.490 e. The second-order valence-corrected chi connectivity index (χ2v) is 16.1. The molecular weight excluding hydrogens is 544 g/mol. The molecule has 0 bridgehead atoms. The van der Waals surface area contributed by atoms with Gasteiger partial charge in [-0.2, -0.15) is 0 Å². The van der Waals surface area contributed by atoms with E-state index in [1.54, 1.807) is 0 Å². The smallest absolute Gasteiger partial charge is 0.126 e. The van der Waals surface area contributed by atoms with E-state index in [0.29, 0.717) is 13.2 Å². The topological polar surface area (TPSA) is 43.5 Å².